The van der Waals surface area contributed by atoms with Gasteiger partial charge in [-0.3, -0.25) is 4.79 Å². The number of hydrogen-bond donors (Lipinski definition) is 0. The van der Waals surface area contributed by atoms with Crippen molar-refractivity contribution in [2.45, 2.75) is 58.8 Å². The van der Waals surface area contributed by atoms with Crippen LogP contribution in [0.25, 0.3) is 0 Å². The van der Waals surface area contributed by atoms with Crippen molar-refractivity contribution in [3.8, 4) is 0 Å². The Kier molecular flexibility index (Phi) is 26.6. The van der Waals surface area contributed by atoms with Crippen LogP contribution in [0.2, 0.25) is 0 Å². The lowest BCUT2D eigenvalue weighted by molar-refractivity contribution is -0.145. The van der Waals surface area contributed by atoms with Gasteiger partial charge in [-0.15, -0.1) is 0 Å². The van der Waals surface area contributed by atoms with Crippen molar-refractivity contribution >= 4 is 5.97 Å². The summed E-state index contributed by atoms with van der Waals surface area (Å²) in [6, 6.07) is 0. The van der Waals surface area contributed by atoms with Crippen LogP contribution < -0.4 is 0 Å². The second-order valence-electron chi connectivity index (χ2n) is 7.06. The van der Waals surface area contributed by atoms with Crippen molar-refractivity contribution in [3.05, 3.63) is 0 Å². The minimum Gasteiger partial charge on any atom is -0.463 e. The van der Waals surface area contributed by atoms with Gasteiger partial charge in [0.1, 0.15) is 6.61 Å². The lowest BCUT2D eigenvalue weighted by atomic mass is 10.2. The third-order valence-corrected chi connectivity index (χ3v) is 4.20. The smallest absolute Gasteiger partial charge is 0.305 e. The van der Waals surface area contributed by atoms with Gasteiger partial charge in [-0.2, -0.15) is 0 Å². The fourth-order valence-corrected chi connectivity index (χ4v) is 2.50. The predicted octanol–water partition coefficient (Wildman–Crippen LogP) is 3.40. The zero-order valence-electron chi connectivity index (χ0n) is 19.9. The summed E-state index contributed by atoms with van der Waals surface area (Å²) in [5.41, 5.74) is 0. The number of unbranched alkanes of at least 4 members (excludes halogenated alkanes) is 4. The van der Waals surface area contributed by atoms with E-state index in [0.717, 1.165) is 19.4 Å². The van der Waals surface area contributed by atoms with Crippen LogP contribution in [0.1, 0.15) is 58.8 Å². The highest BCUT2D eigenvalue weighted by Gasteiger charge is 1.99. The van der Waals surface area contributed by atoms with E-state index >= 15 is 0 Å². The maximum Gasteiger partial charge on any atom is 0.305 e. The van der Waals surface area contributed by atoms with Gasteiger partial charge in [0.05, 0.1) is 72.7 Å². The van der Waals surface area contributed by atoms with E-state index in [1.165, 1.54) is 25.7 Å². The Morgan fingerprint density at radius 3 is 1.26 bits per heavy atom. The molecule has 0 aromatic heterocycles. The maximum absolute atomic E-state index is 11.1. The molecule has 0 aromatic carbocycles. The first-order valence-corrected chi connectivity index (χ1v) is 11.9. The van der Waals surface area contributed by atoms with E-state index in [1.807, 2.05) is 6.92 Å². The third-order valence-electron chi connectivity index (χ3n) is 4.20. The molecule has 0 spiro atoms. The minimum absolute atomic E-state index is 0.176. The maximum atomic E-state index is 11.1. The molecule has 0 aliphatic heterocycles. The zero-order valence-corrected chi connectivity index (χ0v) is 19.9. The van der Waals surface area contributed by atoms with Crippen molar-refractivity contribution < 1.29 is 38.0 Å². The quantitative estimate of drug-likeness (QED) is 0.146. The van der Waals surface area contributed by atoms with E-state index in [0.29, 0.717) is 85.7 Å². The van der Waals surface area contributed by atoms with Gasteiger partial charge in [0.25, 0.3) is 0 Å². The van der Waals surface area contributed by atoms with Crippen LogP contribution in [-0.4, -0.2) is 91.9 Å². The zero-order chi connectivity index (χ0) is 22.7. The lowest BCUT2D eigenvalue weighted by Gasteiger charge is -2.08. The van der Waals surface area contributed by atoms with E-state index in [2.05, 4.69) is 6.92 Å². The number of hydrogen-bond acceptors (Lipinski definition) is 8. The van der Waals surface area contributed by atoms with Crippen LogP contribution in [0.5, 0.6) is 0 Å². The fourth-order valence-electron chi connectivity index (χ4n) is 2.50. The van der Waals surface area contributed by atoms with Crippen LogP contribution in [0.3, 0.4) is 0 Å². The highest BCUT2D eigenvalue weighted by Crippen LogP contribution is 2.02. The van der Waals surface area contributed by atoms with Crippen molar-refractivity contribution in [2.24, 2.45) is 0 Å². The third kappa shape index (κ3) is 27.2. The summed E-state index contributed by atoms with van der Waals surface area (Å²) in [5, 5.41) is 0. The van der Waals surface area contributed by atoms with Crippen molar-refractivity contribution in [3.63, 3.8) is 0 Å². The van der Waals surface area contributed by atoms with Crippen molar-refractivity contribution in [2.75, 3.05) is 85.9 Å². The van der Waals surface area contributed by atoms with Gasteiger partial charge in [0.15, 0.2) is 0 Å². The van der Waals surface area contributed by atoms with Gasteiger partial charge in [0.2, 0.25) is 0 Å². The summed E-state index contributed by atoms with van der Waals surface area (Å²) >= 11 is 0. The standard InChI is InChI=1S/C23H46O8/c1-3-5-6-7-8-10-25-11-12-26-13-14-27-15-16-28-17-18-29-19-20-30-21-22-31-23(24)9-4-2/h3-22H2,1-2H3. The second kappa shape index (κ2) is 27.3. The molecule has 186 valence electrons. The Balaban J connectivity index is 3.03. The molecule has 0 bridgehead atoms. The molecular formula is C23H46O8. The Morgan fingerprint density at radius 1 is 0.452 bits per heavy atom. The molecule has 0 saturated carbocycles. The molecule has 0 saturated heterocycles. The molecular weight excluding hydrogens is 404 g/mol. The van der Waals surface area contributed by atoms with Crippen molar-refractivity contribution in [1.82, 2.24) is 0 Å². The van der Waals surface area contributed by atoms with E-state index in [1.54, 1.807) is 0 Å². The number of esters is 1. The average Bonchev–Trinajstić information content (AvgIpc) is 2.77. The first-order chi connectivity index (χ1) is 15.3. The van der Waals surface area contributed by atoms with Gasteiger partial charge in [-0.05, 0) is 12.8 Å². The molecule has 31 heavy (non-hydrogen) atoms. The van der Waals surface area contributed by atoms with Gasteiger partial charge < -0.3 is 33.2 Å². The Hall–Kier alpha value is -0.770. The average molecular weight is 451 g/mol. The Bertz CT molecular complexity index is 354. The first-order valence-electron chi connectivity index (χ1n) is 11.9. The largest absolute Gasteiger partial charge is 0.463 e. The molecule has 0 rings (SSSR count). The van der Waals surface area contributed by atoms with Gasteiger partial charge >= 0.3 is 5.97 Å². The van der Waals surface area contributed by atoms with Gasteiger partial charge in [-0.1, -0.05) is 39.5 Å². The molecule has 0 atom stereocenters. The van der Waals surface area contributed by atoms with Crippen molar-refractivity contribution in [1.29, 1.82) is 0 Å². The normalized spacial score (nSPS) is 11.2. The molecule has 8 heteroatoms. The van der Waals surface area contributed by atoms with Gasteiger partial charge in [0, 0.05) is 13.0 Å². The predicted molar refractivity (Wildman–Crippen MR) is 120 cm³/mol. The second-order valence-corrected chi connectivity index (χ2v) is 7.06. The number of carbonyl (C=O) groups excluding carboxylic acids is 1. The summed E-state index contributed by atoms with van der Waals surface area (Å²) in [6.45, 7) is 11.1. The summed E-state index contributed by atoms with van der Waals surface area (Å²) < 4.78 is 37.6. The van der Waals surface area contributed by atoms with Crippen LogP contribution in [-0.2, 0) is 38.0 Å². The Morgan fingerprint density at radius 2 is 0.839 bits per heavy atom. The topological polar surface area (TPSA) is 81.7 Å². The highest BCUT2D eigenvalue weighted by atomic mass is 16.6. The molecule has 0 unspecified atom stereocenters. The number of rotatable bonds is 26. The SMILES string of the molecule is CCCCCCCOCCOCCOCCOCCOCCOCCOC(=O)CCC. The van der Waals surface area contributed by atoms with E-state index < -0.39 is 0 Å². The number of carbonyl (C=O) groups is 1. The van der Waals surface area contributed by atoms with Crippen LogP contribution in [0.15, 0.2) is 0 Å². The van der Waals surface area contributed by atoms with E-state index in [4.69, 9.17) is 33.2 Å². The molecule has 0 amide bonds. The Labute approximate surface area is 189 Å². The molecule has 0 aliphatic rings. The minimum atomic E-state index is -0.176. The molecule has 0 heterocycles. The lowest BCUT2D eigenvalue weighted by Crippen LogP contribution is -2.15. The van der Waals surface area contributed by atoms with Crippen LogP contribution in [0, 0.1) is 0 Å². The number of ether oxygens (including phenoxy) is 7. The summed E-state index contributed by atoms with van der Waals surface area (Å²) in [6.07, 6.45) is 7.54. The van der Waals surface area contributed by atoms with Crippen LogP contribution in [0.4, 0.5) is 0 Å². The molecule has 0 fully saturated rings. The molecule has 0 radical (unpaired) electrons. The molecule has 0 aliphatic carbocycles. The monoisotopic (exact) mass is 450 g/mol. The molecule has 8 nitrogen and oxygen atoms in total. The first kappa shape index (κ1) is 30.2. The van der Waals surface area contributed by atoms with Crippen LogP contribution >= 0.6 is 0 Å². The summed E-state index contributed by atoms with van der Waals surface area (Å²) in [5.74, 6) is -0.176. The van der Waals surface area contributed by atoms with E-state index in [9.17, 15) is 4.79 Å². The molecule has 0 aromatic rings. The van der Waals surface area contributed by atoms with Gasteiger partial charge in [-0.25, -0.2) is 0 Å². The summed E-state index contributed by atoms with van der Waals surface area (Å²) in [4.78, 5) is 11.1. The summed E-state index contributed by atoms with van der Waals surface area (Å²) in [7, 11) is 0. The highest BCUT2D eigenvalue weighted by molar-refractivity contribution is 5.69. The van der Waals surface area contributed by atoms with E-state index in [-0.39, 0.29) is 5.97 Å². The fraction of sp³-hybridized carbons (Fsp3) is 0.957. The molecule has 0 N–H and O–H groups in total.